The zero-order chi connectivity index (χ0) is 8.74. The molecule has 11 heavy (non-hydrogen) atoms. The van der Waals surface area contributed by atoms with Crippen LogP contribution in [0.1, 0.15) is 13.8 Å². The summed E-state index contributed by atoms with van der Waals surface area (Å²) in [7, 11) is -2.33. The predicted octanol–water partition coefficient (Wildman–Crippen LogP) is 3.09. The molecule has 0 saturated heterocycles. The quantitative estimate of drug-likeness (QED) is 0.268. The highest BCUT2D eigenvalue weighted by Crippen LogP contribution is 2.18. The second kappa shape index (κ2) is 4.62. The summed E-state index contributed by atoms with van der Waals surface area (Å²) in [6.45, 7) is 3.75. The van der Waals surface area contributed by atoms with Gasteiger partial charge in [0.25, 0.3) is 8.40 Å². The van der Waals surface area contributed by atoms with E-state index in [-0.39, 0.29) is 0 Å². The molecule has 7 heteroatoms. The molecule has 0 radical (unpaired) electrons. The van der Waals surface area contributed by atoms with Crippen LogP contribution in [-0.2, 0) is 0 Å². The first kappa shape index (κ1) is 9.84. The molecule has 0 fully saturated rings. The Morgan fingerprint density at radius 3 is 1.64 bits per heavy atom. The van der Waals surface area contributed by atoms with Crippen LogP contribution in [-0.4, -0.2) is 8.40 Å². The first-order chi connectivity index (χ1) is 5.24. The molecule has 6 nitrogen and oxygen atoms in total. The van der Waals surface area contributed by atoms with Crippen LogP contribution in [0, 0.1) is 0 Å². The maximum atomic E-state index is 8.20. The number of nitrogens with zero attached hydrogens (tertiary/aromatic N) is 6. The second-order valence-corrected chi connectivity index (χ2v) is 5.85. The molecule has 0 rings (SSSR count). The molecule has 0 atom stereocenters. The van der Waals surface area contributed by atoms with Gasteiger partial charge in [-0.1, -0.05) is 25.9 Å². The highest BCUT2D eigenvalue weighted by atomic mass is 28.3. The lowest BCUT2D eigenvalue weighted by molar-refractivity contribution is 1.17. The Morgan fingerprint density at radius 1 is 1.09 bits per heavy atom. The van der Waals surface area contributed by atoms with E-state index in [0.717, 1.165) is 0 Å². The van der Waals surface area contributed by atoms with Gasteiger partial charge < -0.3 is 0 Å². The molecule has 0 bridgehead atoms. The highest BCUT2D eigenvalue weighted by Gasteiger charge is 2.26. The lowest BCUT2D eigenvalue weighted by Gasteiger charge is -2.13. The molecule has 0 aromatic rings. The summed E-state index contributed by atoms with van der Waals surface area (Å²) < 4.78 is 7.16. The standard InChI is InChI=1S/C4H10N6Si/c1-3-11(4-2,9-7-5)10-8-6/h3-4H2,1-2H3. The lowest BCUT2D eigenvalue weighted by Crippen LogP contribution is -2.25. The average molecular weight is 170 g/mol. The van der Waals surface area contributed by atoms with Crippen molar-refractivity contribution in [3.05, 3.63) is 20.9 Å². The maximum absolute atomic E-state index is 8.20. The van der Waals surface area contributed by atoms with Crippen molar-refractivity contribution in [2.75, 3.05) is 0 Å². The van der Waals surface area contributed by atoms with Gasteiger partial charge in [-0.2, -0.15) is 0 Å². The van der Waals surface area contributed by atoms with Crippen molar-refractivity contribution in [1.29, 1.82) is 0 Å². The van der Waals surface area contributed by atoms with Crippen molar-refractivity contribution in [2.45, 2.75) is 25.9 Å². The molecular formula is C4H10N6Si. The van der Waals surface area contributed by atoms with Crippen LogP contribution >= 0.6 is 0 Å². The summed E-state index contributed by atoms with van der Waals surface area (Å²) in [5.41, 5.74) is 16.4. The molecule has 0 aromatic carbocycles. The molecule has 0 spiro atoms. The normalized spacial score (nSPS) is 9.64. The minimum Gasteiger partial charge on any atom is -0.117 e. The summed E-state index contributed by atoms with van der Waals surface area (Å²) in [6.07, 6.45) is 0. The van der Waals surface area contributed by atoms with E-state index in [1.54, 1.807) is 0 Å². The summed E-state index contributed by atoms with van der Waals surface area (Å²) in [6, 6.07) is 1.33. The van der Waals surface area contributed by atoms with Gasteiger partial charge in [-0.15, -0.1) is 9.56 Å². The predicted molar refractivity (Wildman–Crippen MR) is 45.0 cm³/mol. The van der Waals surface area contributed by atoms with Gasteiger partial charge in [-0.05, 0) is 20.9 Å². The van der Waals surface area contributed by atoms with Crippen LogP contribution in [0.15, 0.2) is 9.56 Å². The van der Waals surface area contributed by atoms with Gasteiger partial charge in [0.1, 0.15) is 0 Å². The smallest absolute Gasteiger partial charge is 0.117 e. The highest BCUT2D eigenvalue weighted by molar-refractivity contribution is 6.76. The molecular weight excluding hydrogens is 160 g/mol. The number of hydrogen-bond acceptors (Lipinski definition) is 2. The van der Waals surface area contributed by atoms with E-state index in [0.29, 0.717) is 12.1 Å². The molecule has 0 aliphatic carbocycles. The van der Waals surface area contributed by atoms with Gasteiger partial charge in [-0.25, -0.2) is 0 Å². The van der Waals surface area contributed by atoms with Crippen LogP contribution < -0.4 is 0 Å². The summed E-state index contributed by atoms with van der Waals surface area (Å²) in [4.78, 5) is 5.38. The van der Waals surface area contributed by atoms with Crippen molar-refractivity contribution >= 4 is 8.40 Å². The SMILES string of the molecule is CC[Si](CC)(N=[N+]=[N-])N=[N+]=[N-]. The Labute approximate surface area is 65.6 Å². The first-order valence-electron chi connectivity index (χ1n) is 3.37. The lowest BCUT2D eigenvalue weighted by atomic mass is 10.9. The van der Waals surface area contributed by atoms with E-state index in [1.807, 2.05) is 13.8 Å². The Bertz CT molecular complexity index is 189. The van der Waals surface area contributed by atoms with E-state index >= 15 is 0 Å². The largest absolute Gasteiger partial charge is 0.254 e. The van der Waals surface area contributed by atoms with Crippen LogP contribution in [0.5, 0.6) is 0 Å². The monoisotopic (exact) mass is 170 g/mol. The molecule has 0 aliphatic heterocycles. The minimum atomic E-state index is -2.33. The fourth-order valence-corrected chi connectivity index (χ4v) is 2.16. The maximum Gasteiger partial charge on any atom is 0.254 e. The molecule has 0 aliphatic rings. The Hall–Kier alpha value is -1.16. The van der Waals surface area contributed by atoms with Crippen LogP contribution in [0.25, 0.3) is 20.9 Å². The van der Waals surface area contributed by atoms with Crippen LogP contribution in [0.4, 0.5) is 0 Å². The average Bonchev–Trinajstić information content (AvgIpc) is 2.04. The van der Waals surface area contributed by atoms with Gasteiger partial charge in [0.15, 0.2) is 0 Å². The summed E-state index contributed by atoms with van der Waals surface area (Å²) in [5.74, 6) is 0. The molecule has 0 N–H and O–H groups in total. The van der Waals surface area contributed by atoms with Crippen LogP contribution in [0.3, 0.4) is 0 Å². The first-order valence-corrected chi connectivity index (χ1v) is 5.68. The van der Waals surface area contributed by atoms with Crippen molar-refractivity contribution in [1.82, 2.24) is 0 Å². The summed E-state index contributed by atoms with van der Waals surface area (Å²) in [5, 5.41) is 0. The fourth-order valence-electron chi connectivity index (χ4n) is 0.719. The van der Waals surface area contributed by atoms with Gasteiger partial charge in [0.05, 0.1) is 0 Å². The zero-order valence-corrected chi connectivity index (χ0v) is 7.60. The van der Waals surface area contributed by atoms with Crippen LogP contribution in [0.2, 0.25) is 12.1 Å². The molecule has 0 heterocycles. The van der Waals surface area contributed by atoms with Crippen molar-refractivity contribution in [2.24, 2.45) is 9.56 Å². The van der Waals surface area contributed by atoms with Gasteiger partial charge >= 0.3 is 0 Å². The molecule has 0 amide bonds. The number of hydrogen-bond donors (Lipinski definition) is 0. The summed E-state index contributed by atoms with van der Waals surface area (Å²) >= 11 is 0. The van der Waals surface area contributed by atoms with Crippen molar-refractivity contribution < 1.29 is 0 Å². The third-order valence-electron chi connectivity index (χ3n) is 1.59. The fraction of sp³-hybridized carbons (Fsp3) is 1.00. The van der Waals surface area contributed by atoms with E-state index in [4.69, 9.17) is 11.1 Å². The third-order valence-corrected chi connectivity index (χ3v) is 4.78. The van der Waals surface area contributed by atoms with Gasteiger partial charge in [-0.3, -0.25) is 0 Å². The van der Waals surface area contributed by atoms with Crippen molar-refractivity contribution in [3.8, 4) is 0 Å². The van der Waals surface area contributed by atoms with Gasteiger partial charge in [0, 0.05) is 0 Å². The van der Waals surface area contributed by atoms with Crippen molar-refractivity contribution in [3.63, 3.8) is 0 Å². The molecule has 0 saturated carbocycles. The van der Waals surface area contributed by atoms with E-state index in [9.17, 15) is 0 Å². The second-order valence-electron chi connectivity index (χ2n) is 2.07. The Kier molecular flexibility index (Phi) is 4.13. The number of rotatable bonds is 4. The molecule has 60 valence electrons. The van der Waals surface area contributed by atoms with E-state index < -0.39 is 8.40 Å². The third kappa shape index (κ3) is 2.51. The molecule has 0 aromatic heterocycles. The van der Waals surface area contributed by atoms with E-state index in [1.165, 1.54) is 0 Å². The van der Waals surface area contributed by atoms with Gasteiger partial charge in [0.2, 0.25) is 0 Å². The zero-order valence-electron chi connectivity index (χ0n) is 6.60. The topological polar surface area (TPSA) is 97.5 Å². The number of azide groups is 1. The Morgan fingerprint density at radius 2 is 1.45 bits per heavy atom. The Balaban J connectivity index is 4.72. The van der Waals surface area contributed by atoms with E-state index in [2.05, 4.69) is 19.4 Å². The molecule has 0 unspecified atom stereocenters. The minimum absolute atomic E-state index is 0.664.